The number of hydrogen-bond acceptors (Lipinski definition) is 5. The van der Waals surface area contributed by atoms with Gasteiger partial charge in [-0.3, -0.25) is 0 Å². The van der Waals surface area contributed by atoms with E-state index in [0.717, 1.165) is 16.8 Å². The quantitative estimate of drug-likeness (QED) is 0.605. The minimum absolute atomic E-state index is 0.182. The molecule has 7 nitrogen and oxygen atoms in total. The summed E-state index contributed by atoms with van der Waals surface area (Å²) in [5, 5.41) is 2.56. The maximum atomic E-state index is 12.1. The van der Waals surface area contributed by atoms with Crippen molar-refractivity contribution in [3.05, 3.63) is 72.8 Å². The minimum atomic E-state index is -0.899. The van der Waals surface area contributed by atoms with Gasteiger partial charge in [-0.15, -0.1) is 0 Å². The number of aromatic nitrogens is 2. The van der Waals surface area contributed by atoms with Crippen molar-refractivity contribution in [3.8, 4) is 16.8 Å². The second-order valence-electron chi connectivity index (χ2n) is 8.11. The highest BCUT2D eigenvalue weighted by atomic mass is 16.6. The van der Waals surface area contributed by atoms with Gasteiger partial charge in [-0.1, -0.05) is 42.5 Å². The summed E-state index contributed by atoms with van der Waals surface area (Å²) >= 11 is 0. The van der Waals surface area contributed by atoms with Crippen LogP contribution >= 0.6 is 0 Å². The Morgan fingerprint density at radius 1 is 1.03 bits per heavy atom. The van der Waals surface area contributed by atoms with Crippen LogP contribution in [0.2, 0.25) is 0 Å². The Hall–Kier alpha value is -3.61. The van der Waals surface area contributed by atoms with E-state index in [0.29, 0.717) is 5.69 Å². The second-order valence-corrected chi connectivity index (χ2v) is 8.11. The van der Waals surface area contributed by atoms with Gasteiger partial charge in [0.1, 0.15) is 11.6 Å². The summed E-state index contributed by atoms with van der Waals surface area (Å²) < 4.78 is 11.9. The number of nitrogens with one attached hydrogen (secondary N) is 1. The van der Waals surface area contributed by atoms with Gasteiger partial charge in [0.2, 0.25) is 0 Å². The first-order chi connectivity index (χ1) is 14.7. The Labute approximate surface area is 182 Å². The molecule has 2 aromatic carbocycles. The molecule has 1 N–H and O–H groups in total. The average Bonchev–Trinajstić information content (AvgIpc) is 3.20. The monoisotopic (exact) mass is 421 g/mol. The van der Waals surface area contributed by atoms with Crippen LogP contribution in [0.4, 0.5) is 4.79 Å². The number of rotatable bonds is 6. The van der Waals surface area contributed by atoms with Crippen molar-refractivity contribution in [2.24, 2.45) is 0 Å². The Morgan fingerprint density at radius 3 is 2.29 bits per heavy atom. The van der Waals surface area contributed by atoms with Crippen LogP contribution in [0.15, 0.2) is 67.1 Å². The number of alkyl carbamates (subject to hydrolysis) is 1. The van der Waals surface area contributed by atoms with E-state index in [-0.39, 0.29) is 6.42 Å². The molecule has 3 aromatic rings. The van der Waals surface area contributed by atoms with Gasteiger partial charge in [0.25, 0.3) is 0 Å². The highest BCUT2D eigenvalue weighted by Gasteiger charge is 2.26. The number of carbonyl (C=O) groups is 2. The molecule has 0 aliphatic heterocycles. The van der Waals surface area contributed by atoms with E-state index in [1.165, 1.54) is 7.11 Å². The third kappa shape index (κ3) is 6.18. The van der Waals surface area contributed by atoms with Gasteiger partial charge < -0.3 is 19.4 Å². The van der Waals surface area contributed by atoms with Crippen molar-refractivity contribution in [2.45, 2.75) is 38.8 Å². The van der Waals surface area contributed by atoms with E-state index >= 15 is 0 Å². The molecule has 1 heterocycles. The molecule has 0 spiro atoms. The first kappa shape index (κ1) is 22.1. The molecule has 0 bridgehead atoms. The van der Waals surface area contributed by atoms with Crippen molar-refractivity contribution in [1.29, 1.82) is 0 Å². The van der Waals surface area contributed by atoms with Crippen LogP contribution in [-0.2, 0) is 20.7 Å². The zero-order valence-electron chi connectivity index (χ0n) is 18.2. The fourth-order valence-electron chi connectivity index (χ4n) is 3.06. The summed E-state index contributed by atoms with van der Waals surface area (Å²) in [4.78, 5) is 28.6. The molecule has 0 aliphatic rings. The predicted molar refractivity (Wildman–Crippen MR) is 118 cm³/mol. The van der Waals surface area contributed by atoms with Crippen LogP contribution in [-0.4, -0.2) is 40.4 Å². The molecule has 0 saturated heterocycles. The van der Waals surface area contributed by atoms with Crippen LogP contribution in [0.5, 0.6) is 0 Å². The lowest BCUT2D eigenvalue weighted by Gasteiger charge is -2.22. The number of nitrogens with zero attached hydrogens (tertiary/aromatic N) is 2. The minimum Gasteiger partial charge on any atom is -0.467 e. The van der Waals surface area contributed by atoms with Gasteiger partial charge >= 0.3 is 12.1 Å². The molecule has 1 aromatic heterocycles. The SMILES string of the molecule is COC(=O)[C@H](Cc1cn(-c2ccc(-c3ccccc3)cc2)cn1)NC(=O)OC(C)(C)C. The molecule has 0 saturated carbocycles. The maximum Gasteiger partial charge on any atom is 0.408 e. The summed E-state index contributed by atoms with van der Waals surface area (Å²) in [5.74, 6) is -0.562. The molecular formula is C24H27N3O4. The summed E-state index contributed by atoms with van der Waals surface area (Å²) in [7, 11) is 1.28. The highest BCUT2D eigenvalue weighted by Crippen LogP contribution is 2.21. The zero-order chi connectivity index (χ0) is 22.4. The fraction of sp³-hybridized carbons (Fsp3) is 0.292. The van der Waals surface area contributed by atoms with Gasteiger partial charge in [-0.2, -0.15) is 0 Å². The lowest BCUT2D eigenvalue weighted by Crippen LogP contribution is -2.45. The molecule has 0 unspecified atom stereocenters. The van der Waals surface area contributed by atoms with Gasteiger partial charge in [0.05, 0.1) is 19.1 Å². The number of imidazole rings is 1. The van der Waals surface area contributed by atoms with E-state index in [1.54, 1.807) is 27.1 Å². The first-order valence-electron chi connectivity index (χ1n) is 10.0. The number of methoxy groups -OCH3 is 1. The lowest BCUT2D eigenvalue weighted by molar-refractivity contribution is -0.143. The second kappa shape index (κ2) is 9.47. The summed E-state index contributed by atoms with van der Waals surface area (Å²) in [6, 6.07) is 17.3. The van der Waals surface area contributed by atoms with E-state index < -0.39 is 23.7 Å². The Morgan fingerprint density at radius 2 is 1.68 bits per heavy atom. The zero-order valence-corrected chi connectivity index (χ0v) is 18.2. The number of esters is 1. The standard InChI is InChI=1S/C24H27N3O4/c1-24(2,3)31-23(29)26-21(22(28)30-4)14-19-15-27(16-25-19)20-12-10-18(11-13-20)17-8-6-5-7-9-17/h5-13,15-16,21H,14H2,1-4H3,(H,26,29)/t21-/m0/s1. The Balaban J connectivity index is 1.71. The van der Waals surface area contributed by atoms with Gasteiger partial charge in [0.15, 0.2) is 0 Å². The van der Waals surface area contributed by atoms with Crippen molar-refractivity contribution in [3.63, 3.8) is 0 Å². The molecule has 31 heavy (non-hydrogen) atoms. The molecule has 7 heteroatoms. The molecule has 1 atom stereocenters. The van der Waals surface area contributed by atoms with Gasteiger partial charge in [0, 0.05) is 18.3 Å². The van der Waals surface area contributed by atoms with E-state index in [1.807, 2.05) is 53.2 Å². The summed E-state index contributed by atoms with van der Waals surface area (Å²) in [6.07, 6.45) is 3.00. The van der Waals surface area contributed by atoms with Crippen LogP contribution in [0, 0.1) is 0 Å². The lowest BCUT2D eigenvalue weighted by atomic mass is 10.1. The number of benzene rings is 2. The number of hydrogen-bond donors (Lipinski definition) is 1. The smallest absolute Gasteiger partial charge is 0.408 e. The van der Waals surface area contributed by atoms with Crippen LogP contribution in [0.3, 0.4) is 0 Å². The normalized spacial score (nSPS) is 12.1. The molecule has 0 radical (unpaired) electrons. The highest BCUT2D eigenvalue weighted by molar-refractivity contribution is 5.81. The van der Waals surface area contributed by atoms with Crippen molar-refractivity contribution in [1.82, 2.24) is 14.9 Å². The number of ether oxygens (including phenoxy) is 2. The maximum absolute atomic E-state index is 12.1. The third-order valence-electron chi connectivity index (χ3n) is 4.50. The van der Waals surface area contributed by atoms with Crippen LogP contribution < -0.4 is 5.32 Å². The van der Waals surface area contributed by atoms with Crippen molar-refractivity contribution >= 4 is 12.1 Å². The van der Waals surface area contributed by atoms with Crippen LogP contribution in [0.25, 0.3) is 16.8 Å². The van der Waals surface area contributed by atoms with Gasteiger partial charge in [-0.05, 0) is 44.0 Å². The topological polar surface area (TPSA) is 82.5 Å². The van der Waals surface area contributed by atoms with E-state index in [2.05, 4.69) is 22.4 Å². The Kier molecular flexibility index (Phi) is 6.74. The molecule has 3 rings (SSSR count). The van der Waals surface area contributed by atoms with Crippen molar-refractivity contribution in [2.75, 3.05) is 7.11 Å². The van der Waals surface area contributed by atoms with E-state index in [4.69, 9.17) is 9.47 Å². The molecule has 0 aliphatic carbocycles. The Bertz CT molecular complexity index is 1020. The third-order valence-corrected chi connectivity index (χ3v) is 4.50. The first-order valence-corrected chi connectivity index (χ1v) is 10.0. The number of carbonyl (C=O) groups excluding carboxylic acids is 2. The summed E-state index contributed by atoms with van der Waals surface area (Å²) in [5.41, 5.74) is 3.18. The average molecular weight is 421 g/mol. The van der Waals surface area contributed by atoms with Gasteiger partial charge in [-0.25, -0.2) is 14.6 Å². The largest absolute Gasteiger partial charge is 0.467 e. The number of amides is 1. The summed E-state index contributed by atoms with van der Waals surface area (Å²) in [6.45, 7) is 5.26. The fourth-order valence-corrected chi connectivity index (χ4v) is 3.06. The van der Waals surface area contributed by atoms with Crippen LogP contribution in [0.1, 0.15) is 26.5 Å². The molecular weight excluding hydrogens is 394 g/mol. The van der Waals surface area contributed by atoms with Crippen molar-refractivity contribution < 1.29 is 19.1 Å². The predicted octanol–water partition coefficient (Wildman–Crippen LogP) is 4.15. The molecule has 162 valence electrons. The molecule has 1 amide bonds. The molecule has 0 fully saturated rings. The van der Waals surface area contributed by atoms with E-state index in [9.17, 15) is 9.59 Å².